The van der Waals surface area contributed by atoms with Crippen molar-refractivity contribution in [2.75, 3.05) is 0 Å². The summed E-state index contributed by atoms with van der Waals surface area (Å²) in [7, 11) is 0. The number of halogens is 2. The Balaban J connectivity index is 1.86. The van der Waals surface area contributed by atoms with Crippen LogP contribution in [-0.4, -0.2) is 5.11 Å². The quantitative estimate of drug-likeness (QED) is 0.869. The standard InChI is InChI=1S/C15H15F2NO/c16-14-6-5-13(7-15(14)17)9-18-8-11-1-3-12(10-19)4-2-11/h1-7,18-19H,8-10H2. The molecule has 2 N–H and O–H groups in total. The minimum absolute atomic E-state index is 0.0303. The van der Waals surface area contributed by atoms with Gasteiger partial charge in [0.1, 0.15) is 0 Å². The summed E-state index contributed by atoms with van der Waals surface area (Å²) in [6.07, 6.45) is 0. The van der Waals surface area contributed by atoms with Crippen LogP contribution in [0.3, 0.4) is 0 Å². The molecule has 0 bridgehead atoms. The average Bonchev–Trinajstić information content (AvgIpc) is 2.43. The highest BCUT2D eigenvalue weighted by atomic mass is 19.2. The highest BCUT2D eigenvalue weighted by Gasteiger charge is 2.02. The van der Waals surface area contributed by atoms with E-state index in [0.29, 0.717) is 18.7 Å². The Morgan fingerprint density at radius 3 is 2.00 bits per heavy atom. The second-order valence-electron chi connectivity index (χ2n) is 4.33. The summed E-state index contributed by atoms with van der Waals surface area (Å²) in [5.74, 6) is -1.66. The summed E-state index contributed by atoms with van der Waals surface area (Å²) >= 11 is 0. The molecule has 0 fully saturated rings. The van der Waals surface area contributed by atoms with E-state index in [-0.39, 0.29) is 6.61 Å². The van der Waals surface area contributed by atoms with Gasteiger partial charge < -0.3 is 10.4 Å². The molecule has 0 saturated carbocycles. The Morgan fingerprint density at radius 1 is 0.789 bits per heavy atom. The van der Waals surface area contributed by atoms with Crippen LogP contribution >= 0.6 is 0 Å². The first-order valence-electron chi connectivity index (χ1n) is 6.02. The number of nitrogens with one attached hydrogen (secondary N) is 1. The van der Waals surface area contributed by atoms with E-state index < -0.39 is 11.6 Å². The Morgan fingerprint density at radius 2 is 1.37 bits per heavy atom. The van der Waals surface area contributed by atoms with Crippen LogP contribution in [0.2, 0.25) is 0 Å². The molecule has 100 valence electrons. The van der Waals surface area contributed by atoms with Crippen LogP contribution in [0.5, 0.6) is 0 Å². The highest BCUT2D eigenvalue weighted by molar-refractivity contribution is 5.22. The third-order valence-electron chi connectivity index (χ3n) is 2.85. The molecule has 4 heteroatoms. The average molecular weight is 263 g/mol. The van der Waals surface area contributed by atoms with Gasteiger partial charge in [0.25, 0.3) is 0 Å². The SMILES string of the molecule is OCc1ccc(CNCc2ccc(F)c(F)c2)cc1. The lowest BCUT2D eigenvalue weighted by Gasteiger charge is -2.06. The maximum Gasteiger partial charge on any atom is 0.159 e. The molecule has 0 unspecified atom stereocenters. The predicted molar refractivity (Wildman–Crippen MR) is 69.3 cm³/mol. The molecule has 19 heavy (non-hydrogen) atoms. The first-order valence-corrected chi connectivity index (χ1v) is 6.02. The van der Waals surface area contributed by atoms with Crippen molar-refractivity contribution >= 4 is 0 Å². The number of hydrogen-bond donors (Lipinski definition) is 2. The summed E-state index contributed by atoms with van der Waals surface area (Å²) in [6, 6.07) is 11.4. The van der Waals surface area contributed by atoms with E-state index in [1.807, 2.05) is 24.3 Å². The van der Waals surface area contributed by atoms with Crippen molar-refractivity contribution in [2.45, 2.75) is 19.7 Å². The van der Waals surface area contributed by atoms with Crippen molar-refractivity contribution in [1.82, 2.24) is 5.32 Å². The minimum Gasteiger partial charge on any atom is -0.392 e. The number of hydrogen-bond acceptors (Lipinski definition) is 2. The van der Waals surface area contributed by atoms with Gasteiger partial charge in [-0.25, -0.2) is 8.78 Å². The van der Waals surface area contributed by atoms with Gasteiger partial charge in [0.15, 0.2) is 11.6 Å². The number of aliphatic hydroxyl groups is 1. The lowest BCUT2D eigenvalue weighted by Crippen LogP contribution is -2.12. The summed E-state index contributed by atoms with van der Waals surface area (Å²) < 4.78 is 25.7. The lowest BCUT2D eigenvalue weighted by atomic mass is 10.1. The van der Waals surface area contributed by atoms with Crippen LogP contribution in [0, 0.1) is 11.6 Å². The van der Waals surface area contributed by atoms with E-state index in [4.69, 9.17) is 5.11 Å². The zero-order valence-electron chi connectivity index (χ0n) is 10.4. The summed E-state index contributed by atoms with van der Waals surface area (Å²) in [6.45, 7) is 1.13. The largest absolute Gasteiger partial charge is 0.392 e. The van der Waals surface area contributed by atoms with E-state index in [9.17, 15) is 8.78 Å². The minimum atomic E-state index is -0.830. The van der Waals surface area contributed by atoms with E-state index in [2.05, 4.69) is 5.32 Å². The molecule has 0 atom stereocenters. The van der Waals surface area contributed by atoms with Crippen molar-refractivity contribution in [3.05, 3.63) is 70.8 Å². The molecule has 2 rings (SSSR count). The van der Waals surface area contributed by atoms with E-state index in [1.165, 1.54) is 6.07 Å². The molecular weight excluding hydrogens is 248 g/mol. The van der Waals surface area contributed by atoms with Crippen LogP contribution in [-0.2, 0) is 19.7 Å². The molecule has 0 amide bonds. The molecule has 2 nitrogen and oxygen atoms in total. The van der Waals surface area contributed by atoms with E-state index >= 15 is 0 Å². The van der Waals surface area contributed by atoms with Crippen molar-refractivity contribution < 1.29 is 13.9 Å². The highest BCUT2D eigenvalue weighted by Crippen LogP contribution is 2.09. The zero-order valence-corrected chi connectivity index (χ0v) is 10.4. The Hall–Kier alpha value is -1.78. The molecule has 0 radical (unpaired) electrons. The van der Waals surface area contributed by atoms with Crippen molar-refractivity contribution in [3.63, 3.8) is 0 Å². The van der Waals surface area contributed by atoms with Crippen LogP contribution in [0.4, 0.5) is 8.78 Å². The molecule has 2 aromatic carbocycles. The fraction of sp³-hybridized carbons (Fsp3) is 0.200. The van der Waals surface area contributed by atoms with Crippen LogP contribution in [0.1, 0.15) is 16.7 Å². The van der Waals surface area contributed by atoms with Crippen molar-refractivity contribution in [2.24, 2.45) is 0 Å². The fourth-order valence-electron chi connectivity index (χ4n) is 1.76. The molecule has 0 aromatic heterocycles. The summed E-state index contributed by atoms with van der Waals surface area (Å²) in [4.78, 5) is 0. The monoisotopic (exact) mass is 263 g/mol. The maximum atomic E-state index is 13.0. The second-order valence-corrected chi connectivity index (χ2v) is 4.33. The molecule has 0 saturated heterocycles. The Bertz CT molecular complexity index is 540. The van der Waals surface area contributed by atoms with Gasteiger partial charge in [-0.15, -0.1) is 0 Å². The van der Waals surface area contributed by atoms with E-state index in [1.54, 1.807) is 6.07 Å². The first kappa shape index (κ1) is 13.6. The second kappa shape index (κ2) is 6.41. The van der Waals surface area contributed by atoms with Crippen LogP contribution < -0.4 is 5.32 Å². The van der Waals surface area contributed by atoms with Crippen molar-refractivity contribution in [3.8, 4) is 0 Å². The lowest BCUT2D eigenvalue weighted by molar-refractivity contribution is 0.282. The molecule has 0 heterocycles. The van der Waals surface area contributed by atoms with Crippen LogP contribution in [0.25, 0.3) is 0 Å². The predicted octanol–water partition coefficient (Wildman–Crippen LogP) is 2.75. The smallest absolute Gasteiger partial charge is 0.159 e. The molecule has 0 aliphatic rings. The Labute approximate surface area is 110 Å². The molecule has 0 aliphatic carbocycles. The number of aliphatic hydroxyl groups excluding tert-OH is 1. The number of benzene rings is 2. The molecule has 2 aromatic rings. The van der Waals surface area contributed by atoms with Gasteiger partial charge in [0, 0.05) is 13.1 Å². The van der Waals surface area contributed by atoms with Gasteiger partial charge in [-0.05, 0) is 28.8 Å². The third kappa shape index (κ3) is 3.84. The van der Waals surface area contributed by atoms with Gasteiger partial charge in [0.2, 0.25) is 0 Å². The van der Waals surface area contributed by atoms with Crippen LogP contribution in [0.15, 0.2) is 42.5 Å². The zero-order chi connectivity index (χ0) is 13.7. The van der Waals surface area contributed by atoms with Crippen molar-refractivity contribution in [1.29, 1.82) is 0 Å². The molecule has 0 spiro atoms. The Kier molecular flexibility index (Phi) is 4.60. The first-order chi connectivity index (χ1) is 9.19. The molecule has 0 aliphatic heterocycles. The fourth-order valence-corrected chi connectivity index (χ4v) is 1.76. The topological polar surface area (TPSA) is 32.3 Å². The van der Waals surface area contributed by atoms with Gasteiger partial charge in [0.05, 0.1) is 6.61 Å². The van der Waals surface area contributed by atoms with Gasteiger partial charge in [-0.3, -0.25) is 0 Å². The van der Waals surface area contributed by atoms with E-state index in [0.717, 1.165) is 17.2 Å². The summed E-state index contributed by atoms with van der Waals surface area (Å²) in [5, 5.41) is 12.1. The van der Waals surface area contributed by atoms with Gasteiger partial charge >= 0.3 is 0 Å². The van der Waals surface area contributed by atoms with Gasteiger partial charge in [-0.2, -0.15) is 0 Å². The summed E-state index contributed by atoms with van der Waals surface area (Å²) in [5.41, 5.74) is 2.63. The third-order valence-corrected chi connectivity index (χ3v) is 2.85. The normalized spacial score (nSPS) is 10.7. The van der Waals surface area contributed by atoms with Gasteiger partial charge in [-0.1, -0.05) is 30.3 Å². The maximum absolute atomic E-state index is 13.0. The number of rotatable bonds is 5. The molecular formula is C15H15F2NO.